The molecule has 0 bridgehead atoms. The number of benzene rings is 2. The molecular weight excluding hydrogens is 338 g/mol. The van der Waals surface area contributed by atoms with Crippen molar-refractivity contribution in [3.8, 4) is 0 Å². The van der Waals surface area contributed by atoms with Gasteiger partial charge in [-0.1, -0.05) is 81.4 Å². The highest BCUT2D eigenvalue weighted by atomic mass is 28.4. The van der Waals surface area contributed by atoms with Gasteiger partial charge in [-0.2, -0.15) is 0 Å². The summed E-state index contributed by atoms with van der Waals surface area (Å²) in [7, 11) is -2.50. The van der Waals surface area contributed by atoms with Crippen molar-refractivity contribution < 1.29 is 9.16 Å². The smallest absolute Gasteiger partial charge is 0.261 e. The van der Waals surface area contributed by atoms with Gasteiger partial charge in [0.25, 0.3) is 8.32 Å². The number of hydrogen-bond donors (Lipinski definition) is 1. The number of rotatable bonds is 5. The highest BCUT2D eigenvalue weighted by Crippen LogP contribution is 2.37. The van der Waals surface area contributed by atoms with Crippen LogP contribution >= 0.6 is 0 Å². The fraction of sp³-hybridized carbons (Fsp3) is 0.455. The summed E-state index contributed by atoms with van der Waals surface area (Å²) in [5.41, 5.74) is 6.31. The molecule has 1 heterocycles. The molecule has 0 amide bonds. The van der Waals surface area contributed by atoms with Crippen LogP contribution < -0.4 is 16.1 Å². The van der Waals surface area contributed by atoms with E-state index in [9.17, 15) is 0 Å². The fourth-order valence-electron chi connectivity index (χ4n) is 4.00. The SMILES string of the molecule is CC(C)(C)[Si](OCC1OCCCC1N)(c1ccccc1)c1ccccc1. The van der Waals surface area contributed by atoms with E-state index in [1.807, 2.05) is 0 Å². The molecule has 2 atom stereocenters. The highest BCUT2D eigenvalue weighted by Gasteiger charge is 2.50. The maximum Gasteiger partial charge on any atom is 0.261 e. The third-order valence-corrected chi connectivity index (χ3v) is 10.4. The lowest BCUT2D eigenvalue weighted by Crippen LogP contribution is -2.67. The van der Waals surface area contributed by atoms with Gasteiger partial charge in [0.05, 0.1) is 12.7 Å². The van der Waals surface area contributed by atoms with Gasteiger partial charge in [0.15, 0.2) is 0 Å². The van der Waals surface area contributed by atoms with E-state index in [1.54, 1.807) is 0 Å². The second-order valence-electron chi connectivity index (χ2n) is 8.19. The first-order valence-corrected chi connectivity index (χ1v) is 11.5. The zero-order chi connectivity index (χ0) is 18.6. The summed E-state index contributed by atoms with van der Waals surface area (Å²) in [6.45, 7) is 8.21. The Labute approximate surface area is 158 Å². The average Bonchev–Trinajstić information content (AvgIpc) is 2.64. The molecule has 1 saturated heterocycles. The molecule has 0 aromatic heterocycles. The molecule has 3 nitrogen and oxygen atoms in total. The minimum atomic E-state index is -2.50. The number of nitrogens with two attached hydrogens (primary N) is 1. The van der Waals surface area contributed by atoms with Crippen LogP contribution in [0.3, 0.4) is 0 Å². The van der Waals surface area contributed by atoms with Crippen molar-refractivity contribution in [1.82, 2.24) is 0 Å². The van der Waals surface area contributed by atoms with Gasteiger partial charge in [0.1, 0.15) is 0 Å². The van der Waals surface area contributed by atoms with Gasteiger partial charge in [-0.05, 0) is 28.3 Å². The Morgan fingerprint density at radius 2 is 1.54 bits per heavy atom. The van der Waals surface area contributed by atoms with Crippen LogP contribution in [0, 0.1) is 0 Å². The summed E-state index contributed by atoms with van der Waals surface area (Å²) in [6, 6.07) is 21.5. The summed E-state index contributed by atoms with van der Waals surface area (Å²) >= 11 is 0. The van der Waals surface area contributed by atoms with E-state index >= 15 is 0 Å². The Morgan fingerprint density at radius 3 is 2.00 bits per heavy atom. The van der Waals surface area contributed by atoms with Gasteiger partial charge in [-0.15, -0.1) is 0 Å². The van der Waals surface area contributed by atoms with Crippen molar-refractivity contribution in [3.63, 3.8) is 0 Å². The molecule has 0 aliphatic carbocycles. The van der Waals surface area contributed by atoms with Gasteiger partial charge in [-0.3, -0.25) is 0 Å². The van der Waals surface area contributed by atoms with Crippen LogP contribution in [0.15, 0.2) is 60.7 Å². The zero-order valence-corrected chi connectivity index (χ0v) is 17.2. The lowest BCUT2D eigenvalue weighted by Gasteiger charge is -2.44. The predicted molar refractivity (Wildman–Crippen MR) is 111 cm³/mol. The van der Waals surface area contributed by atoms with E-state index < -0.39 is 8.32 Å². The summed E-state index contributed by atoms with van der Waals surface area (Å²) in [6.07, 6.45) is 2.02. The molecule has 1 aliphatic heterocycles. The Bertz CT molecular complexity index is 645. The average molecular weight is 370 g/mol. The van der Waals surface area contributed by atoms with Crippen molar-refractivity contribution in [1.29, 1.82) is 0 Å². The molecule has 2 aromatic carbocycles. The van der Waals surface area contributed by atoms with Gasteiger partial charge >= 0.3 is 0 Å². The van der Waals surface area contributed by atoms with Crippen molar-refractivity contribution in [2.45, 2.75) is 50.8 Å². The van der Waals surface area contributed by atoms with Gasteiger partial charge < -0.3 is 14.9 Å². The molecule has 0 saturated carbocycles. The summed E-state index contributed by atoms with van der Waals surface area (Å²) in [5, 5.41) is 2.57. The second-order valence-corrected chi connectivity index (χ2v) is 12.5. The van der Waals surface area contributed by atoms with Gasteiger partial charge in [0.2, 0.25) is 0 Å². The fourth-order valence-corrected chi connectivity index (χ4v) is 8.57. The Balaban J connectivity index is 2.02. The highest BCUT2D eigenvalue weighted by molar-refractivity contribution is 6.99. The molecule has 2 N–H and O–H groups in total. The predicted octanol–water partition coefficient (Wildman–Crippen LogP) is 3.07. The first-order valence-electron chi connectivity index (χ1n) is 9.57. The minimum Gasteiger partial charge on any atom is -0.405 e. The molecule has 4 heteroatoms. The molecule has 0 radical (unpaired) electrons. The molecule has 140 valence electrons. The second kappa shape index (κ2) is 8.05. The quantitative estimate of drug-likeness (QED) is 0.824. The lowest BCUT2D eigenvalue weighted by atomic mass is 10.0. The van der Waals surface area contributed by atoms with E-state index in [4.69, 9.17) is 14.9 Å². The molecular formula is C22H31NO2Si. The maximum absolute atomic E-state index is 6.91. The van der Waals surface area contributed by atoms with E-state index in [1.165, 1.54) is 10.4 Å². The lowest BCUT2D eigenvalue weighted by molar-refractivity contribution is -0.0260. The molecule has 3 rings (SSSR count). The van der Waals surface area contributed by atoms with Crippen molar-refractivity contribution >= 4 is 18.7 Å². The van der Waals surface area contributed by atoms with Gasteiger partial charge in [-0.25, -0.2) is 0 Å². The molecule has 26 heavy (non-hydrogen) atoms. The van der Waals surface area contributed by atoms with Crippen LogP contribution in [0.4, 0.5) is 0 Å². The largest absolute Gasteiger partial charge is 0.405 e. The Hall–Kier alpha value is -1.46. The van der Waals surface area contributed by atoms with Crippen molar-refractivity contribution in [3.05, 3.63) is 60.7 Å². The van der Waals surface area contributed by atoms with Crippen LogP contribution in [0.2, 0.25) is 5.04 Å². The first-order chi connectivity index (χ1) is 12.4. The standard InChI is InChI=1S/C22H31NO2Si/c1-22(2,3)26(18-11-6-4-7-12-18,19-13-8-5-9-14-19)25-17-21-20(23)15-10-16-24-21/h4-9,11-14,20-21H,10,15-17,23H2,1-3H3. The van der Waals surface area contributed by atoms with Crippen LogP contribution in [-0.2, 0) is 9.16 Å². The van der Waals surface area contributed by atoms with Crippen LogP contribution in [-0.4, -0.2) is 33.7 Å². The topological polar surface area (TPSA) is 44.5 Å². The minimum absolute atomic E-state index is 0.0194. The summed E-state index contributed by atoms with van der Waals surface area (Å²) in [4.78, 5) is 0. The number of ether oxygens (including phenoxy) is 1. The monoisotopic (exact) mass is 369 g/mol. The Morgan fingerprint density at radius 1 is 1.00 bits per heavy atom. The molecule has 0 spiro atoms. The summed E-state index contributed by atoms with van der Waals surface area (Å²) in [5.74, 6) is 0. The molecule has 2 unspecified atom stereocenters. The van der Waals surface area contributed by atoms with Crippen molar-refractivity contribution in [2.24, 2.45) is 5.73 Å². The first kappa shape index (κ1) is 19.3. The normalized spacial score (nSPS) is 21.5. The van der Waals surface area contributed by atoms with E-state index in [0.717, 1.165) is 19.4 Å². The van der Waals surface area contributed by atoms with Gasteiger partial charge in [0, 0.05) is 12.6 Å². The van der Waals surface area contributed by atoms with Crippen LogP contribution in [0.5, 0.6) is 0 Å². The Kier molecular flexibility index (Phi) is 5.98. The number of hydrogen-bond acceptors (Lipinski definition) is 3. The molecule has 1 fully saturated rings. The molecule has 1 aliphatic rings. The molecule has 2 aromatic rings. The summed E-state index contributed by atoms with van der Waals surface area (Å²) < 4.78 is 12.9. The third kappa shape index (κ3) is 3.79. The van der Waals surface area contributed by atoms with E-state index in [2.05, 4.69) is 81.4 Å². The third-order valence-electron chi connectivity index (χ3n) is 5.37. The maximum atomic E-state index is 6.91. The van der Waals surface area contributed by atoms with Crippen LogP contribution in [0.25, 0.3) is 0 Å². The van der Waals surface area contributed by atoms with E-state index in [0.29, 0.717) is 6.61 Å². The van der Waals surface area contributed by atoms with Crippen molar-refractivity contribution in [2.75, 3.05) is 13.2 Å². The zero-order valence-electron chi connectivity index (χ0n) is 16.2. The van der Waals surface area contributed by atoms with E-state index in [-0.39, 0.29) is 17.2 Å². The van der Waals surface area contributed by atoms with Crippen LogP contribution in [0.1, 0.15) is 33.6 Å².